The van der Waals surface area contributed by atoms with Gasteiger partial charge in [0, 0.05) is 0 Å². The molecule has 1 aromatic heterocycles. The van der Waals surface area contributed by atoms with Crippen LogP contribution in [-0.4, -0.2) is 21.5 Å². The van der Waals surface area contributed by atoms with Crippen LogP contribution in [0.25, 0.3) is 0 Å². The number of rotatable bonds is 8. The summed E-state index contributed by atoms with van der Waals surface area (Å²) in [6.45, 7) is 4.03. The van der Waals surface area contributed by atoms with Gasteiger partial charge in [0.05, 0.1) is 17.7 Å². The summed E-state index contributed by atoms with van der Waals surface area (Å²) in [6.07, 6.45) is 2.40. The maximum atomic E-state index is 12.1. The molecule has 6 heteroatoms. The van der Waals surface area contributed by atoms with Crippen molar-refractivity contribution in [3.8, 4) is 0 Å². The van der Waals surface area contributed by atoms with E-state index in [2.05, 4.69) is 17.0 Å². The van der Waals surface area contributed by atoms with E-state index < -0.39 is 10.0 Å². The van der Waals surface area contributed by atoms with E-state index in [1.165, 1.54) is 6.26 Å². The molecule has 2 aromatic rings. The lowest BCUT2D eigenvalue weighted by atomic mass is 10.1. The minimum absolute atomic E-state index is 0.150. The van der Waals surface area contributed by atoms with Crippen LogP contribution >= 0.6 is 0 Å². The van der Waals surface area contributed by atoms with Crippen molar-refractivity contribution in [2.45, 2.75) is 24.8 Å². The highest BCUT2D eigenvalue weighted by Gasteiger charge is 2.14. The number of furan rings is 1. The van der Waals surface area contributed by atoms with Gasteiger partial charge in [-0.1, -0.05) is 19.1 Å². The van der Waals surface area contributed by atoms with E-state index in [9.17, 15) is 8.42 Å². The van der Waals surface area contributed by atoms with E-state index in [0.29, 0.717) is 5.76 Å². The molecule has 114 valence electrons. The van der Waals surface area contributed by atoms with Crippen LogP contribution in [0.5, 0.6) is 0 Å². The second-order valence-corrected chi connectivity index (χ2v) is 6.42. The van der Waals surface area contributed by atoms with Crippen molar-refractivity contribution in [2.75, 3.05) is 13.1 Å². The summed E-state index contributed by atoms with van der Waals surface area (Å²) in [5, 5.41) is 3.24. The van der Waals surface area contributed by atoms with E-state index in [0.717, 1.165) is 25.1 Å². The van der Waals surface area contributed by atoms with Crippen LogP contribution in [0, 0.1) is 0 Å². The van der Waals surface area contributed by atoms with Gasteiger partial charge in [-0.2, -0.15) is 0 Å². The van der Waals surface area contributed by atoms with Gasteiger partial charge in [-0.05, 0) is 49.3 Å². The molecule has 21 heavy (non-hydrogen) atoms. The molecule has 0 aliphatic carbocycles. The van der Waals surface area contributed by atoms with Crippen LogP contribution in [-0.2, 0) is 23.0 Å². The molecule has 5 nitrogen and oxygen atoms in total. The van der Waals surface area contributed by atoms with Gasteiger partial charge in [0.2, 0.25) is 10.0 Å². The Morgan fingerprint density at radius 3 is 2.52 bits per heavy atom. The smallest absolute Gasteiger partial charge is 0.240 e. The maximum Gasteiger partial charge on any atom is 0.240 e. The Morgan fingerprint density at radius 2 is 1.90 bits per heavy atom. The van der Waals surface area contributed by atoms with Crippen LogP contribution in [0.1, 0.15) is 18.2 Å². The predicted molar refractivity (Wildman–Crippen MR) is 81.4 cm³/mol. The fourth-order valence-electron chi connectivity index (χ4n) is 1.91. The molecule has 2 rings (SSSR count). The predicted octanol–water partition coefficient (Wildman–Crippen LogP) is 1.91. The first-order chi connectivity index (χ1) is 10.1. The number of likely N-dealkylation sites (N-methyl/N-ethyl adjacent to an activating group) is 1. The molecule has 1 aromatic carbocycles. The average molecular weight is 308 g/mol. The molecule has 0 radical (unpaired) electrons. The second kappa shape index (κ2) is 7.40. The van der Waals surface area contributed by atoms with E-state index in [1.807, 2.05) is 12.1 Å². The average Bonchev–Trinajstić information content (AvgIpc) is 3.00. The molecular weight excluding hydrogens is 288 g/mol. The molecule has 0 spiro atoms. The fourth-order valence-corrected chi connectivity index (χ4v) is 2.90. The third-order valence-electron chi connectivity index (χ3n) is 3.09. The third kappa shape index (κ3) is 4.70. The Hall–Kier alpha value is -1.63. The van der Waals surface area contributed by atoms with Gasteiger partial charge in [0.25, 0.3) is 0 Å². The van der Waals surface area contributed by atoms with Crippen molar-refractivity contribution < 1.29 is 12.8 Å². The summed E-state index contributed by atoms with van der Waals surface area (Å²) in [6, 6.07) is 10.4. The van der Waals surface area contributed by atoms with Gasteiger partial charge in [-0.3, -0.25) is 0 Å². The molecule has 1 heterocycles. The molecule has 0 fully saturated rings. The number of hydrogen-bond acceptors (Lipinski definition) is 4. The summed E-state index contributed by atoms with van der Waals surface area (Å²) in [5.41, 5.74) is 1.11. The minimum atomic E-state index is -3.50. The Labute approximate surface area is 125 Å². The largest absolute Gasteiger partial charge is 0.468 e. The van der Waals surface area contributed by atoms with Crippen molar-refractivity contribution in [3.05, 3.63) is 54.0 Å². The number of nitrogens with one attached hydrogen (secondary N) is 2. The molecule has 0 aliphatic rings. The number of benzene rings is 1. The SMILES string of the molecule is CCNCCc1ccc(S(=O)(=O)NCc2ccco2)cc1. The normalized spacial score (nSPS) is 11.7. The summed E-state index contributed by atoms with van der Waals surface area (Å²) < 4.78 is 31.9. The standard InChI is InChI=1S/C15H20N2O3S/c1-2-16-10-9-13-5-7-15(8-6-13)21(18,19)17-12-14-4-3-11-20-14/h3-8,11,16-17H,2,9-10,12H2,1H3. The molecule has 0 atom stereocenters. The van der Waals surface area contributed by atoms with Gasteiger partial charge in [0.1, 0.15) is 5.76 Å². The molecule has 0 amide bonds. The van der Waals surface area contributed by atoms with Crippen LogP contribution in [0.4, 0.5) is 0 Å². The van der Waals surface area contributed by atoms with Crippen molar-refractivity contribution in [1.29, 1.82) is 0 Å². The monoisotopic (exact) mass is 308 g/mol. The first kappa shape index (κ1) is 15.8. The first-order valence-electron chi connectivity index (χ1n) is 6.93. The Balaban J connectivity index is 1.96. The van der Waals surface area contributed by atoms with Crippen molar-refractivity contribution in [2.24, 2.45) is 0 Å². The minimum Gasteiger partial charge on any atom is -0.468 e. The van der Waals surface area contributed by atoms with Crippen molar-refractivity contribution >= 4 is 10.0 Å². The van der Waals surface area contributed by atoms with Gasteiger partial charge >= 0.3 is 0 Å². The molecule has 0 unspecified atom stereocenters. The lowest BCUT2D eigenvalue weighted by Crippen LogP contribution is -2.23. The lowest BCUT2D eigenvalue weighted by Gasteiger charge is -2.07. The fraction of sp³-hybridized carbons (Fsp3) is 0.333. The zero-order valence-corrected chi connectivity index (χ0v) is 12.8. The van der Waals surface area contributed by atoms with Gasteiger partial charge in [-0.15, -0.1) is 0 Å². The zero-order valence-electron chi connectivity index (χ0n) is 12.0. The maximum absolute atomic E-state index is 12.1. The summed E-state index contributed by atoms with van der Waals surface area (Å²) in [4.78, 5) is 0.265. The van der Waals surface area contributed by atoms with E-state index in [1.54, 1.807) is 24.3 Å². The highest BCUT2D eigenvalue weighted by molar-refractivity contribution is 7.89. The lowest BCUT2D eigenvalue weighted by molar-refractivity contribution is 0.498. The molecule has 0 aliphatic heterocycles. The van der Waals surface area contributed by atoms with E-state index >= 15 is 0 Å². The van der Waals surface area contributed by atoms with Crippen LogP contribution in [0.15, 0.2) is 52.0 Å². The van der Waals surface area contributed by atoms with E-state index in [4.69, 9.17) is 4.42 Å². The summed E-state index contributed by atoms with van der Waals surface area (Å²) >= 11 is 0. The molecule has 2 N–H and O–H groups in total. The van der Waals surface area contributed by atoms with Gasteiger partial charge < -0.3 is 9.73 Å². The van der Waals surface area contributed by atoms with Crippen LogP contribution in [0.3, 0.4) is 0 Å². The highest BCUT2D eigenvalue weighted by atomic mass is 32.2. The first-order valence-corrected chi connectivity index (χ1v) is 8.42. The van der Waals surface area contributed by atoms with Gasteiger partial charge in [0.15, 0.2) is 0 Å². The Morgan fingerprint density at radius 1 is 1.14 bits per heavy atom. The number of hydrogen-bond donors (Lipinski definition) is 2. The van der Waals surface area contributed by atoms with Crippen LogP contribution < -0.4 is 10.0 Å². The van der Waals surface area contributed by atoms with Crippen molar-refractivity contribution in [3.63, 3.8) is 0 Å². The van der Waals surface area contributed by atoms with Gasteiger partial charge in [-0.25, -0.2) is 13.1 Å². The molecule has 0 saturated heterocycles. The zero-order chi connectivity index (χ0) is 15.1. The number of sulfonamides is 1. The second-order valence-electron chi connectivity index (χ2n) is 4.65. The van der Waals surface area contributed by atoms with Crippen LogP contribution in [0.2, 0.25) is 0 Å². The summed E-state index contributed by atoms with van der Waals surface area (Å²) in [5.74, 6) is 0.584. The van der Waals surface area contributed by atoms with Crippen molar-refractivity contribution in [1.82, 2.24) is 10.0 Å². The molecular formula is C15H20N2O3S. The quantitative estimate of drug-likeness (QED) is 0.731. The van der Waals surface area contributed by atoms with E-state index in [-0.39, 0.29) is 11.4 Å². The summed E-state index contributed by atoms with van der Waals surface area (Å²) in [7, 11) is -3.50. The molecule has 0 saturated carbocycles. The molecule has 0 bridgehead atoms. The Kier molecular flexibility index (Phi) is 5.55. The topological polar surface area (TPSA) is 71.3 Å². The third-order valence-corrected chi connectivity index (χ3v) is 4.51. The Bertz CT molecular complexity index is 634. The highest BCUT2D eigenvalue weighted by Crippen LogP contribution is 2.12.